The van der Waals surface area contributed by atoms with Crippen LogP contribution in [0.1, 0.15) is 72.1 Å². The molecule has 2 amide bonds. The van der Waals surface area contributed by atoms with E-state index < -0.39 is 0 Å². The van der Waals surface area contributed by atoms with Gasteiger partial charge < -0.3 is 10.6 Å². The lowest BCUT2D eigenvalue weighted by Crippen LogP contribution is -2.48. The normalized spacial score (nSPS) is 34.2. The van der Waals surface area contributed by atoms with Crippen LogP contribution in [0, 0.1) is 28.6 Å². The largest absolute Gasteiger partial charge is 0.354 e. The predicted molar refractivity (Wildman–Crippen MR) is 95.3 cm³/mol. The zero-order valence-corrected chi connectivity index (χ0v) is 15.6. The summed E-state index contributed by atoms with van der Waals surface area (Å²) < 4.78 is 0. The van der Waals surface area contributed by atoms with Crippen molar-refractivity contribution in [3.63, 3.8) is 0 Å². The molecule has 4 saturated carbocycles. The summed E-state index contributed by atoms with van der Waals surface area (Å²) >= 11 is 0. The monoisotopic (exact) mass is 334 g/mol. The summed E-state index contributed by atoms with van der Waals surface area (Å²) in [5, 5.41) is 5.92. The maximum Gasteiger partial charge on any atom is 0.220 e. The Kier molecular flexibility index (Phi) is 4.94. The third kappa shape index (κ3) is 4.52. The molecule has 4 nitrogen and oxygen atoms in total. The molecule has 4 aliphatic rings. The van der Waals surface area contributed by atoms with Gasteiger partial charge in [0.15, 0.2) is 0 Å². The Labute approximate surface area is 146 Å². The Morgan fingerprint density at radius 3 is 1.79 bits per heavy atom. The molecule has 4 fully saturated rings. The summed E-state index contributed by atoms with van der Waals surface area (Å²) in [6.07, 6.45) is 9.29. The van der Waals surface area contributed by atoms with E-state index in [9.17, 15) is 9.59 Å². The molecule has 0 aromatic heterocycles. The molecule has 2 N–H and O–H groups in total. The fraction of sp³-hybridized carbons (Fsp3) is 0.900. The Morgan fingerprint density at radius 2 is 1.33 bits per heavy atom. The van der Waals surface area contributed by atoms with E-state index in [4.69, 9.17) is 0 Å². The second-order valence-electron chi connectivity index (χ2n) is 10.0. The lowest BCUT2D eigenvalue weighted by molar-refractivity contribution is -0.129. The summed E-state index contributed by atoms with van der Waals surface area (Å²) in [5.74, 6) is 2.92. The zero-order chi connectivity index (χ0) is 17.4. The molecule has 4 heteroatoms. The first-order chi connectivity index (χ1) is 11.2. The molecule has 0 radical (unpaired) electrons. The number of hydrogen-bond donors (Lipinski definition) is 2. The summed E-state index contributed by atoms with van der Waals surface area (Å²) in [4.78, 5) is 24.2. The second kappa shape index (κ2) is 6.68. The van der Waals surface area contributed by atoms with Gasteiger partial charge >= 0.3 is 0 Å². The summed E-state index contributed by atoms with van der Waals surface area (Å²) in [5.41, 5.74) is 0.306. The minimum absolute atomic E-state index is 0.00579. The highest BCUT2D eigenvalue weighted by molar-refractivity contribution is 5.77. The third-order valence-corrected chi connectivity index (χ3v) is 6.16. The Hall–Kier alpha value is -1.06. The second-order valence-corrected chi connectivity index (χ2v) is 10.0. The highest BCUT2D eigenvalue weighted by Gasteiger charge is 2.51. The summed E-state index contributed by atoms with van der Waals surface area (Å²) in [6, 6.07) is 0. The first-order valence-corrected chi connectivity index (χ1v) is 9.76. The predicted octanol–water partition coefficient (Wildman–Crippen LogP) is 3.26. The maximum atomic E-state index is 12.4. The van der Waals surface area contributed by atoms with Gasteiger partial charge in [-0.05, 0) is 67.1 Å². The van der Waals surface area contributed by atoms with Gasteiger partial charge in [0.2, 0.25) is 11.8 Å². The van der Waals surface area contributed by atoms with Gasteiger partial charge in [-0.15, -0.1) is 0 Å². The molecule has 4 rings (SSSR count). The van der Waals surface area contributed by atoms with Crippen LogP contribution in [0.2, 0.25) is 0 Å². The van der Waals surface area contributed by atoms with Gasteiger partial charge in [0.1, 0.15) is 0 Å². The molecule has 4 bridgehead atoms. The van der Waals surface area contributed by atoms with E-state index in [2.05, 4.69) is 31.4 Å². The Bertz CT molecular complexity index is 457. The highest BCUT2D eigenvalue weighted by Crippen LogP contribution is 2.61. The van der Waals surface area contributed by atoms with Gasteiger partial charge in [-0.2, -0.15) is 0 Å². The van der Waals surface area contributed by atoms with Gasteiger partial charge in [0, 0.05) is 25.9 Å². The standard InChI is InChI=1S/C20H34N2O2/c1-19(2,3)12-17(23)21-4-5-22-18(24)13-20-9-14-6-15(10-20)8-16(7-14)11-20/h14-16H,4-13H2,1-3H3,(H,21,23)(H,22,24). The van der Waals surface area contributed by atoms with Crippen LogP contribution in [0.5, 0.6) is 0 Å². The Morgan fingerprint density at radius 1 is 0.875 bits per heavy atom. The minimum atomic E-state index is 0.00579. The molecule has 0 spiro atoms. The average molecular weight is 335 g/mol. The first-order valence-electron chi connectivity index (χ1n) is 9.76. The Balaban J connectivity index is 1.37. The van der Waals surface area contributed by atoms with Crippen LogP contribution in [0.25, 0.3) is 0 Å². The van der Waals surface area contributed by atoms with Crippen LogP contribution in [0.4, 0.5) is 0 Å². The molecule has 0 atom stereocenters. The maximum absolute atomic E-state index is 12.4. The molecule has 0 aromatic rings. The lowest BCUT2D eigenvalue weighted by Gasteiger charge is -2.56. The zero-order valence-electron chi connectivity index (χ0n) is 15.6. The molecule has 24 heavy (non-hydrogen) atoms. The van der Waals surface area contributed by atoms with Crippen LogP contribution in [0.3, 0.4) is 0 Å². The molecular formula is C20H34N2O2. The number of rotatable bonds is 6. The number of hydrogen-bond acceptors (Lipinski definition) is 2. The lowest BCUT2D eigenvalue weighted by atomic mass is 9.49. The van der Waals surface area contributed by atoms with E-state index in [0.29, 0.717) is 31.3 Å². The van der Waals surface area contributed by atoms with Crippen LogP contribution in [-0.2, 0) is 9.59 Å². The molecule has 0 unspecified atom stereocenters. The number of carbonyl (C=O) groups is 2. The van der Waals surface area contributed by atoms with Crippen LogP contribution >= 0.6 is 0 Å². The number of carbonyl (C=O) groups excluding carboxylic acids is 2. The molecule has 0 saturated heterocycles. The van der Waals surface area contributed by atoms with Gasteiger partial charge in [-0.25, -0.2) is 0 Å². The SMILES string of the molecule is CC(C)(C)CC(=O)NCCNC(=O)CC12CC3CC(CC(C3)C1)C2. The van der Waals surface area contributed by atoms with Crippen molar-refractivity contribution in [2.24, 2.45) is 28.6 Å². The fourth-order valence-corrected chi connectivity index (χ4v) is 5.86. The third-order valence-electron chi connectivity index (χ3n) is 6.16. The van der Waals surface area contributed by atoms with Crippen molar-refractivity contribution in [3.05, 3.63) is 0 Å². The van der Waals surface area contributed by atoms with Crippen LogP contribution in [-0.4, -0.2) is 24.9 Å². The van der Waals surface area contributed by atoms with Gasteiger partial charge in [0.25, 0.3) is 0 Å². The quantitative estimate of drug-likeness (QED) is 0.733. The summed E-state index contributed by atoms with van der Waals surface area (Å²) in [6.45, 7) is 7.24. The molecule has 4 aliphatic carbocycles. The van der Waals surface area contributed by atoms with E-state index in [0.717, 1.165) is 17.8 Å². The van der Waals surface area contributed by atoms with Gasteiger partial charge in [0.05, 0.1) is 0 Å². The molecular weight excluding hydrogens is 300 g/mol. The molecule has 0 heterocycles. The van der Waals surface area contributed by atoms with Gasteiger partial charge in [-0.3, -0.25) is 9.59 Å². The fourth-order valence-electron chi connectivity index (χ4n) is 5.86. The molecule has 0 aromatic carbocycles. The summed E-state index contributed by atoms with van der Waals surface area (Å²) in [7, 11) is 0. The van der Waals surface area contributed by atoms with Crippen molar-refractivity contribution in [1.29, 1.82) is 0 Å². The average Bonchev–Trinajstić information content (AvgIpc) is 2.39. The first kappa shape index (κ1) is 17.8. The van der Waals surface area contributed by atoms with E-state index in [1.165, 1.54) is 38.5 Å². The van der Waals surface area contributed by atoms with E-state index >= 15 is 0 Å². The topological polar surface area (TPSA) is 58.2 Å². The van der Waals surface area contributed by atoms with E-state index in [-0.39, 0.29) is 17.2 Å². The van der Waals surface area contributed by atoms with Gasteiger partial charge in [-0.1, -0.05) is 20.8 Å². The van der Waals surface area contributed by atoms with Crippen LogP contribution in [0.15, 0.2) is 0 Å². The molecule has 136 valence electrons. The highest BCUT2D eigenvalue weighted by atomic mass is 16.2. The van der Waals surface area contributed by atoms with Crippen molar-refractivity contribution in [2.45, 2.75) is 72.1 Å². The van der Waals surface area contributed by atoms with E-state index in [1.54, 1.807) is 0 Å². The number of amides is 2. The van der Waals surface area contributed by atoms with Crippen molar-refractivity contribution in [1.82, 2.24) is 10.6 Å². The van der Waals surface area contributed by atoms with Crippen LogP contribution < -0.4 is 10.6 Å². The van der Waals surface area contributed by atoms with Crippen molar-refractivity contribution in [3.8, 4) is 0 Å². The van der Waals surface area contributed by atoms with Crippen molar-refractivity contribution < 1.29 is 9.59 Å². The minimum Gasteiger partial charge on any atom is -0.354 e. The van der Waals surface area contributed by atoms with E-state index in [1.807, 2.05) is 0 Å². The van der Waals surface area contributed by atoms with Crippen molar-refractivity contribution >= 4 is 11.8 Å². The smallest absolute Gasteiger partial charge is 0.220 e. The van der Waals surface area contributed by atoms with Crippen molar-refractivity contribution in [2.75, 3.05) is 13.1 Å². The molecule has 0 aliphatic heterocycles. The number of nitrogens with one attached hydrogen (secondary N) is 2.